The van der Waals surface area contributed by atoms with Gasteiger partial charge >= 0.3 is 0 Å². The van der Waals surface area contributed by atoms with E-state index in [9.17, 15) is 0 Å². The van der Waals surface area contributed by atoms with Crippen LogP contribution in [0, 0.1) is 0 Å². The molecule has 17 heavy (non-hydrogen) atoms. The topological polar surface area (TPSA) is 84.4 Å². The predicted molar refractivity (Wildman–Crippen MR) is 65.1 cm³/mol. The standard InChI is InChI=1S/C11H10N4OS/c12-11(15-16)8-1-6-14-10(7-8)17-9-2-4-13-5-3-9/h1-7,16H,(H2,12,15). The number of nitrogens with zero attached hydrogens (tertiary/aromatic N) is 3. The molecule has 0 fully saturated rings. The second-order valence-corrected chi connectivity index (χ2v) is 4.25. The second kappa shape index (κ2) is 5.31. The summed E-state index contributed by atoms with van der Waals surface area (Å²) in [7, 11) is 0. The van der Waals surface area contributed by atoms with Gasteiger partial charge in [-0.15, -0.1) is 0 Å². The molecule has 0 spiro atoms. The molecule has 0 atom stereocenters. The lowest BCUT2D eigenvalue weighted by Crippen LogP contribution is -2.13. The highest BCUT2D eigenvalue weighted by Gasteiger charge is 2.03. The quantitative estimate of drug-likeness (QED) is 0.373. The number of rotatable bonds is 3. The number of pyridine rings is 2. The third-order valence-electron chi connectivity index (χ3n) is 2.01. The number of oxime groups is 1. The van der Waals surface area contributed by atoms with E-state index in [2.05, 4.69) is 15.1 Å². The molecule has 0 radical (unpaired) electrons. The number of hydrogen-bond donors (Lipinski definition) is 2. The Kier molecular flexibility index (Phi) is 3.56. The fourth-order valence-corrected chi connectivity index (χ4v) is 2.01. The van der Waals surface area contributed by atoms with Crippen LogP contribution < -0.4 is 5.73 Å². The summed E-state index contributed by atoms with van der Waals surface area (Å²) in [4.78, 5) is 9.17. The van der Waals surface area contributed by atoms with Crippen LogP contribution in [0.2, 0.25) is 0 Å². The van der Waals surface area contributed by atoms with Gasteiger partial charge in [0.2, 0.25) is 0 Å². The van der Waals surface area contributed by atoms with Crippen LogP contribution in [0.5, 0.6) is 0 Å². The van der Waals surface area contributed by atoms with Gasteiger partial charge in [-0.05, 0) is 24.3 Å². The SMILES string of the molecule is NC(=NO)c1ccnc(Sc2ccncc2)c1. The van der Waals surface area contributed by atoms with Crippen LogP contribution in [-0.4, -0.2) is 21.0 Å². The number of aromatic nitrogens is 2. The summed E-state index contributed by atoms with van der Waals surface area (Å²) in [5, 5.41) is 12.3. The number of amidine groups is 1. The van der Waals surface area contributed by atoms with Gasteiger partial charge in [-0.2, -0.15) is 0 Å². The van der Waals surface area contributed by atoms with Gasteiger partial charge in [0.25, 0.3) is 0 Å². The van der Waals surface area contributed by atoms with Crippen LogP contribution >= 0.6 is 11.8 Å². The van der Waals surface area contributed by atoms with Gasteiger partial charge in [0, 0.05) is 29.0 Å². The molecule has 2 rings (SSSR count). The molecule has 0 saturated carbocycles. The van der Waals surface area contributed by atoms with Crippen molar-refractivity contribution >= 4 is 17.6 Å². The lowest BCUT2D eigenvalue weighted by molar-refractivity contribution is 0.318. The largest absolute Gasteiger partial charge is 0.409 e. The molecule has 0 bridgehead atoms. The van der Waals surface area contributed by atoms with E-state index in [1.165, 1.54) is 11.8 Å². The van der Waals surface area contributed by atoms with Gasteiger partial charge in [0.1, 0.15) is 5.03 Å². The first-order chi connectivity index (χ1) is 8.29. The Balaban J connectivity index is 2.23. The van der Waals surface area contributed by atoms with Crippen LogP contribution in [0.3, 0.4) is 0 Å². The molecule has 0 saturated heterocycles. The minimum atomic E-state index is 0.0731. The van der Waals surface area contributed by atoms with Crippen LogP contribution in [-0.2, 0) is 0 Å². The molecule has 86 valence electrons. The van der Waals surface area contributed by atoms with Crippen LogP contribution in [0.25, 0.3) is 0 Å². The molecule has 6 heteroatoms. The lowest BCUT2D eigenvalue weighted by Gasteiger charge is -2.02. The van der Waals surface area contributed by atoms with Gasteiger partial charge in [0.05, 0.1) is 0 Å². The van der Waals surface area contributed by atoms with Gasteiger partial charge in [-0.1, -0.05) is 16.9 Å². The molecule has 2 heterocycles. The van der Waals surface area contributed by atoms with Crippen LogP contribution in [0.1, 0.15) is 5.56 Å². The average molecular weight is 246 g/mol. The third kappa shape index (κ3) is 2.94. The van der Waals surface area contributed by atoms with E-state index >= 15 is 0 Å². The Morgan fingerprint density at radius 3 is 2.71 bits per heavy atom. The fraction of sp³-hybridized carbons (Fsp3) is 0. The maximum absolute atomic E-state index is 8.60. The van der Waals surface area contributed by atoms with Crippen LogP contribution in [0.4, 0.5) is 0 Å². The molecule has 0 aliphatic heterocycles. The summed E-state index contributed by atoms with van der Waals surface area (Å²) in [6.45, 7) is 0. The predicted octanol–water partition coefficient (Wildman–Crippen LogP) is 1.72. The molecule has 2 aromatic heterocycles. The molecule has 0 aliphatic carbocycles. The fourth-order valence-electron chi connectivity index (χ4n) is 1.21. The summed E-state index contributed by atoms with van der Waals surface area (Å²) in [6.07, 6.45) is 5.06. The van der Waals surface area contributed by atoms with Crippen molar-refractivity contribution in [2.75, 3.05) is 0 Å². The molecule has 5 nitrogen and oxygen atoms in total. The maximum Gasteiger partial charge on any atom is 0.170 e. The monoisotopic (exact) mass is 246 g/mol. The Bertz CT molecular complexity index is 530. The van der Waals surface area contributed by atoms with Crippen molar-refractivity contribution in [1.82, 2.24) is 9.97 Å². The Labute approximate surface area is 102 Å². The van der Waals surface area contributed by atoms with Gasteiger partial charge in [-0.3, -0.25) is 4.98 Å². The van der Waals surface area contributed by atoms with E-state index < -0.39 is 0 Å². The van der Waals surface area contributed by atoms with Crippen molar-refractivity contribution in [2.45, 2.75) is 9.92 Å². The average Bonchev–Trinajstić information content (AvgIpc) is 2.39. The zero-order valence-corrected chi connectivity index (χ0v) is 9.63. The normalized spacial score (nSPS) is 11.4. The third-order valence-corrected chi connectivity index (χ3v) is 2.95. The Hall–Kier alpha value is -2.08. The summed E-state index contributed by atoms with van der Waals surface area (Å²) in [5.41, 5.74) is 6.15. The Morgan fingerprint density at radius 1 is 1.24 bits per heavy atom. The van der Waals surface area contributed by atoms with Crippen molar-refractivity contribution in [3.63, 3.8) is 0 Å². The molecule has 3 N–H and O–H groups in total. The van der Waals surface area contributed by atoms with E-state index in [1.54, 1.807) is 30.7 Å². The second-order valence-electron chi connectivity index (χ2n) is 3.15. The zero-order valence-electron chi connectivity index (χ0n) is 8.82. The first kappa shape index (κ1) is 11.4. The molecular formula is C11H10N4OS. The molecular weight excluding hydrogens is 236 g/mol. The highest BCUT2D eigenvalue weighted by molar-refractivity contribution is 7.99. The maximum atomic E-state index is 8.60. The van der Waals surface area contributed by atoms with Crippen molar-refractivity contribution in [3.8, 4) is 0 Å². The van der Waals surface area contributed by atoms with Gasteiger partial charge < -0.3 is 10.9 Å². The summed E-state index contributed by atoms with van der Waals surface area (Å²) in [5.74, 6) is 0.0731. The van der Waals surface area contributed by atoms with Crippen LogP contribution in [0.15, 0.2) is 57.9 Å². The van der Waals surface area contributed by atoms with E-state index in [0.29, 0.717) is 5.56 Å². The first-order valence-electron chi connectivity index (χ1n) is 4.81. The smallest absolute Gasteiger partial charge is 0.170 e. The molecule has 0 amide bonds. The highest BCUT2D eigenvalue weighted by Crippen LogP contribution is 2.25. The Morgan fingerprint density at radius 2 is 2.00 bits per heavy atom. The van der Waals surface area contributed by atoms with E-state index in [0.717, 1.165) is 9.92 Å². The van der Waals surface area contributed by atoms with Gasteiger partial charge in [-0.25, -0.2) is 4.98 Å². The van der Waals surface area contributed by atoms with E-state index in [-0.39, 0.29) is 5.84 Å². The number of hydrogen-bond acceptors (Lipinski definition) is 5. The van der Waals surface area contributed by atoms with Crippen molar-refractivity contribution in [1.29, 1.82) is 0 Å². The minimum absolute atomic E-state index is 0.0731. The van der Waals surface area contributed by atoms with E-state index in [1.807, 2.05) is 12.1 Å². The van der Waals surface area contributed by atoms with Gasteiger partial charge in [0.15, 0.2) is 5.84 Å². The lowest BCUT2D eigenvalue weighted by atomic mass is 10.2. The minimum Gasteiger partial charge on any atom is -0.409 e. The molecule has 2 aromatic rings. The van der Waals surface area contributed by atoms with E-state index in [4.69, 9.17) is 10.9 Å². The van der Waals surface area contributed by atoms with Crippen molar-refractivity contribution in [3.05, 3.63) is 48.4 Å². The van der Waals surface area contributed by atoms with Crippen molar-refractivity contribution < 1.29 is 5.21 Å². The van der Waals surface area contributed by atoms with Crippen molar-refractivity contribution in [2.24, 2.45) is 10.9 Å². The molecule has 0 unspecified atom stereocenters. The number of nitrogens with two attached hydrogens (primary N) is 1. The summed E-state index contributed by atoms with van der Waals surface area (Å²) < 4.78 is 0. The summed E-state index contributed by atoms with van der Waals surface area (Å²) >= 11 is 1.49. The first-order valence-corrected chi connectivity index (χ1v) is 5.63. The zero-order chi connectivity index (χ0) is 12.1. The molecule has 0 aliphatic rings. The molecule has 0 aromatic carbocycles. The summed E-state index contributed by atoms with van der Waals surface area (Å²) in [6, 6.07) is 7.23. The highest BCUT2D eigenvalue weighted by atomic mass is 32.2.